The van der Waals surface area contributed by atoms with Crippen molar-refractivity contribution in [2.45, 2.75) is 128 Å². The molecule has 0 aromatic heterocycles. The molecule has 0 nitrogen and oxygen atoms in total. The van der Waals surface area contributed by atoms with Crippen LogP contribution in [0, 0.1) is 56.3 Å². The van der Waals surface area contributed by atoms with Gasteiger partial charge in [-0.3, -0.25) is 0 Å². The monoisotopic (exact) mass is 668 g/mol. The molecule has 0 radical (unpaired) electrons. The van der Waals surface area contributed by atoms with E-state index in [-0.39, 0.29) is 20.3 Å². The van der Waals surface area contributed by atoms with Crippen molar-refractivity contribution in [1.29, 1.82) is 0 Å². The van der Waals surface area contributed by atoms with Crippen LogP contribution < -0.4 is 0 Å². The summed E-state index contributed by atoms with van der Waals surface area (Å²) in [6.45, 7) is 20.8. The van der Waals surface area contributed by atoms with Crippen molar-refractivity contribution in [3.8, 4) is 0 Å². The van der Waals surface area contributed by atoms with E-state index in [2.05, 4.69) is 78.9 Å². The van der Waals surface area contributed by atoms with Crippen LogP contribution in [0.5, 0.6) is 0 Å². The molecule has 4 fully saturated rings. The molecular weight excluding hydrogens is 611 g/mol. The second-order valence-electron chi connectivity index (χ2n) is 15.2. The Morgan fingerprint density at radius 1 is 0.718 bits per heavy atom. The van der Waals surface area contributed by atoms with Crippen molar-refractivity contribution >= 4 is 25.1 Å². The van der Waals surface area contributed by atoms with Crippen LogP contribution in [-0.2, 0) is 26.3 Å². The summed E-state index contributed by atoms with van der Waals surface area (Å²) in [6, 6.07) is 9.92. The van der Waals surface area contributed by atoms with Crippen molar-refractivity contribution in [3.63, 3.8) is 0 Å². The zero-order valence-corrected chi connectivity index (χ0v) is 32.0. The number of rotatable bonds is 3. The third kappa shape index (κ3) is 7.18. The number of hydrogen-bond acceptors (Lipinski definition) is 0. The van der Waals surface area contributed by atoms with Gasteiger partial charge in [0.05, 0.1) is 8.07 Å². The molecule has 4 aliphatic rings. The predicted molar refractivity (Wildman–Crippen MR) is 176 cm³/mol. The summed E-state index contributed by atoms with van der Waals surface area (Å²) in [4.78, 5) is 0. The van der Waals surface area contributed by atoms with E-state index in [9.17, 15) is 0 Å². The van der Waals surface area contributed by atoms with Gasteiger partial charge in [-0.2, -0.15) is 0 Å². The van der Waals surface area contributed by atoms with Crippen molar-refractivity contribution in [2.75, 3.05) is 0 Å². The number of fused-ring (bicyclic) bond motifs is 2. The zero-order chi connectivity index (χ0) is 27.1. The summed E-state index contributed by atoms with van der Waals surface area (Å²) in [5.41, 5.74) is 5.52. The molecular formula is C35H60Cl2SiZr. The van der Waals surface area contributed by atoms with E-state index in [4.69, 9.17) is 17.0 Å². The first-order valence-corrected chi connectivity index (χ1v) is 25.0. The molecule has 1 aromatic rings. The van der Waals surface area contributed by atoms with Crippen LogP contribution in [0.1, 0.15) is 110 Å². The maximum atomic E-state index is 4.93. The average Bonchev–Trinajstić information content (AvgIpc) is 3.33. The number of hydrogen-bond donors (Lipinski definition) is 0. The fourth-order valence-electron chi connectivity index (χ4n) is 10.9. The maximum absolute atomic E-state index is 4.93. The molecule has 0 N–H and O–H groups in total. The van der Waals surface area contributed by atoms with Gasteiger partial charge in [-0.15, -0.1) is 0 Å². The van der Waals surface area contributed by atoms with Gasteiger partial charge in [0, 0.05) is 0 Å². The van der Waals surface area contributed by atoms with Gasteiger partial charge in [0.1, 0.15) is 0 Å². The third-order valence-electron chi connectivity index (χ3n) is 12.2. The van der Waals surface area contributed by atoms with E-state index >= 15 is 0 Å². The number of benzene rings is 1. The first-order chi connectivity index (χ1) is 17.4. The molecule has 5 rings (SSSR count). The van der Waals surface area contributed by atoms with Crippen LogP contribution in [0.2, 0.25) is 24.2 Å². The van der Waals surface area contributed by atoms with Crippen LogP contribution in [0.25, 0.3) is 0 Å². The van der Waals surface area contributed by atoms with Gasteiger partial charge in [0.15, 0.2) is 0 Å². The predicted octanol–water partition coefficient (Wildman–Crippen LogP) is 12.3. The Hall–Kier alpha value is 0.900. The molecule has 0 aliphatic heterocycles. The van der Waals surface area contributed by atoms with Gasteiger partial charge in [-0.05, 0) is 94.2 Å². The van der Waals surface area contributed by atoms with Crippen molar-refractivity contribution < 1.29 is 20.8 Å². The topological polar surface area (TPSA) is 0 Å². The van der Waals surface area contributed by atoms with Crippen LogP contribution in [0.4, 0.5) is 0 Å². The molecule has 0 amide bonds. The molecule has 222 valence electrons. The standard InChI is InChI=1S/C33H54Si.2CH3.2ClH.Zr/c1-21-20-30-27(24-16-18-25(19-17-24)33(4,5)6)14-11-15-29(30)31(21)34(7,8)32-23(3)22(2)26-12-9-10-13-28(26)32;;;;;/h16-19,21-23,26-32H,9-15,20H2,1-8H3;2*1H3;2*1H;/q;2*-1;;;+4/p-2. The van der Waals surface area contributed by atoms with Gasteiger partial charge in [-0.25, -0.2) is 0 Å². The minimum atomic E-state index is -1.39. The molecule has 0 saturated heterocycles. The Bertz CT molecular complexity index is 878. The van der Waals surface area contributed by atoms with E-state index in [1.807, 2.05) is 0 Å². The SMILES string of the molecule is CC1CC2C(c3ccc(C(C)(C)C)cc3)CCCC2C1[Si](C)(C)C1C(C)C(C)C2CCCCC21.[CH3-].[CH3-].[Cl][Zr+2][Cl]. The van der Waals surface area contributed by atoms with E-state index in [1.54, 1.807) is 12.0 Å². The summed E-state index contributed by atoms with van der Waals surface area (Å²) in [6.07, 6.45) is 12.0. The fraction of sp³-hybridized carbons (Fsp3) is 0.771. The van der Waals surface area contributed by atoms with Gasteiger partial charge in [0.25, 0.3) is 0 Å². The molecule has 0 heterocycles. The molecule has 4 heteroatoms. The van der Waals surface area contributed by atoms with Crippen LogP contribution in [0.15, 0.2) is 24.3 Å². The molecule has 10 unspecified atom stereocenters. The van der Waals surface area contributed by atoms with Gasteiger partial charge < -0.3 is 14.9 Å². The summed E-state index contributed by atoms with van der Waals surface area (Å²) >= 11 is -0.826. The average molecular weight is 671 g/mol. The second-order valence-corrected chi connectivity index (χ2v) is 23.9. The Morgan fingerprint density at radius 3 is 1.79 bits per heavy atom. The van der Waals surface area contributed by atoms with Crippen molar-refractivity contribution in [2.24, 2.45) is 41.4 Å². The Balaban J connectivity index is 0.00000102. The Labute approximate surface area is 264 Å². The zero-order valence-electron chi connectivity index (χ0n) is 27.0. The molecule has 39 heavy (non-hydrogen) atoms. The molecule has 0 spiro atoms. The second kappa shape index (κ2) is 14.6. The fourth-order valence-corrected chi connectivity index (χ4v) is 17.6. The first kappa shape index (κ1) is 36.1. The minimum absolute atomic E-state index is 0. The van der Waals surface area contributed by atoms with E-state index in [1.165, 1.54) is 50.5 Å². The van der Waals surface area contributed by atoms with E-state index < -0.39 is 28.9 Å². The van der Waals surface area contributed by atoms with E-state index in [0.717, 1.165) is 58.4 Å². The molecule has 4 aliphatic carbocycles. The quantitative estimate of drug-likeness (QED) is 0.222. The van der Waals surface area contributed by atoms with Gasteiger partial charge >= 0.3 is 37.9 Å². The van der Waals surface area contributed by atoms with Crippen molar-refractivity contribution in [1.82, 2.24) is 0 Å². The van der Waals surface area contributed by atoms with Gasteiger partial charge in [0.2, 0.25) is 0 Å². The van der Waals surface area contributed by atoms with Crippen LogP contribution in [0.3, 0.4) is 0 Å². The normalized spacial score (nSPS) is 37.7. The third-order valence-corrected chi connectivity index (χ3v) is 17.6. The molecule has 4 saturated carbocycles. The van der Waals surface area contributed by atoms with Crippen LogP contribution in [-0.4, -0.2) is 8.07 Å². The van der Waals surface area contributed by atoms with Gasteiger partial charge in [-0.1, -0.05) is 111 Å². The Morgan fingerprint density at radius 2 is 1.23 bits per heavy atom. The first-order valence-electron chi connectivity index (χ1n) is 15.5. The summed E-state index contributed by atoms with van der Waals surface area (Å²) < 4.78 is 0. The van der Waals surface area contributed by atoms with Crippen LogP contribution >= 0.6 is 17.0 Å². The number of halogens is 2. The molecule has 0 bridgehead atoms. The molecule has 1 aromatic carbocycles. The molecule has 10 atom stereocenters. The van der Waals surface area contributed by atoms with E-state index in [0.29, 0.717) is 0 Å². The summed E-state index contributed by atoms with van der Waals surface area (Å²) in [5, 5.41) is 0. The summed E-state index contributed by atoms with van der Waals surface area (Å²) in [5.74, 6) is 7.74. The summed E-state index contributed by atoms with van der Waals surface area (Å²) in [7, 11) is 8.48. The Kier molecular flexibility index (Phi) is 13.5. The van der Waals surface area contributed by atoms with Crippen molar-refractivity contribution in [3.05, 3.63) is 50.2 Å².